The van der Waals surface area contributed by atoms with Crippen molar-refractivity contribution in [3.05, 3.63) is 29.3 Å². The number of unbranched alkanes of at least 4 members (excludes halogenated alkanes) is 2. The summed E-state index contributed by atoms with van der Waals surface area (Å²) in [5.74, 6) is 2.07. The van der Waals surface area contributed by atoms with Gasteiger partial charge in [0.1, 0.15) is 0 Å². The van der Waals surface area contributed by atoms with Crippen LogP contribution in [0.5, 0.6) is 0 Å². The summed E-state index contributed by atoms with van der Waals surface area (Å²) in [6.07, 6.45) is 5.42. The Balaban J connectivity index is 2.05. The number of thioether (sulfide) groups is 1. The summed E-state index contributed by atoms with van der Waals surface area (Å²) in [5, 5.41) is 0.821. The lowest BCUT2D eigenvalue weighted by atomic mass is 10.1. The van der Waals surface area contributed by atoms with Crippen LogP contribution >= 0.6 is 23.4 Å². The third kappa shape index (κ3) is 6.44. The second-order valence-corrected chi connectivity index (χ2v) is 6.15. The molecule has 0 aliphatic rings. The fourth-order valence-electron chi connectivity index (χ4n) is 1.55. The fourth-order valence-corrected chi connectivity index (χ4v) is 2.59. The van der Waals surface area contributed by atoms with Crippen molar-refractivity contribution in [1.29, 1.82) is 0 Å². The number of hydrogen-bond donors (Lipinski definition) is 0. The molecular weight excluding hydrogens is 236 g/mol. The zero-order valence-corrected chi connectivity index (χ0v) is 11.8. The van der Waals surface area contributed by atoms with Crippen LogP contribution in [-0.4, -0.2) is 5.75 Å². The molecule has 0 radical (unpaired) electrons. The van der Waals surface area contributed by atoms with E-state index in [1.165, 1.54) is 36.3 Å². The minimum Gasteiger partial charge on any atom is -0.126 e. The zero-order chi connectivity index (χ0) is 11.8. The quantitative estimate of drug-likeness (QED) is 0.449. The molecular formula is C14H21ClS. The summed E-state index contributed by atoms with van der Waals surface area (Å²) in [6.45, 7) is 4.59. The van der Waals surface area contributed by atoms with Gasteiger partial charge >= 0.3 is 0 Å². The second kappa shape index (κ2) is 8.03. The Bertz CT molecular complexity index is 279. The van der Waals surface area contributed by atoms with E-state index in [-0.39, 0.29) is 0 Å². The summed E-state index contributed by atoms with van der Waals surface area (Å²) in [5.41, 5.74) is 0. The van der Waals surface area contributed by atoms with Crippen LogP contribution in [0.25, 0.3) is 0 Å². The summed E-state index contributed by atoms with van der Waals surface area (Å²) in [7, 11) is 0. The summed E-state index contributed by atoms with van der Waals surface area (Å²) >= 11 is 7.76. The third-order valence-electron chi connectivity index (χ3n) is 2.51. The molecule has 1 aromatic rings. The Labute approximate surface area is 109 Å². The van der Waals surface area contributed by atoms with E-state index < -0.39 is 0 Å². The van der Waals surface area contributed by atoms with Crippen molar-refractivity contribution in [3.8, 4) is 0 Å². The Morgan fingerprint density at radius 3 is 2.38 bits per heavy atom. The largest absolute Gasteiger partial charge is 0.126 e. The van der Waals surface area contributed by atoms with Gasteiger partial charge in [0.15, 0.2) is 0 Å². The average Bonchev–Trinajstić information content (AvgIpc) is 2.25. The van der Waals surface area contributed by atoms with Gasteiger partial charge in [-0.05, 0) is 42.4 Å². The molecule has 90 valence electrons. The molecule has 16 heavy (non-hydrogen) atoms. The van der Waals surface area contributed by atoms with Crippen LogP contribution in [0.1, 0.15) is 39.5 Å². The molecule has 0 unspecified atom stereocenters. The molecule has 0 aromatic heterocycles. The van der Waals surface area contributed by atoms with Gasteiger partial charge in [-0.1, -0.05) is 44.7 Å². The standard InChI is InChI=1S/C14H21ClS/c1-12(2)6-4-3-5-11-16-14-9-7-13(15)8-10-14/h7-10,12H,3-6,11H2,1-2H3. The monoisotopic (exact) mass is 256 g/mol. The number of hydrogen-bond acceptors (Lipinski definition) is 1. The lowest BCUT2D eigenvalue weighted by Crippen LogP contribution is -1.88. The molecule has 0 saturated heterocycles. The number of halogens is 1. The number of rotatable bonds is 7. The van der Waals surface area contributed by atoms with E-state index in [2.05, 4.69) is 26.0 Å². The summed E-state index contributed by atoms with van der Waals surface area (Å²) in [4.78, 5) is 1.33. The van der Waals surface area contributed by atoms with E-state index in [1.807, 2.05) is 23.9 Å². The van der Waals surface area contributed by atoms with Gasteiger partial charge in [-0.2, -0.15) is 0 Å². The molecule has 0 N–H and O–H groups in total. The molecule has 0 bridgehead atoms. The van der Waals surface area contributed by atoms with Crippen LogP contribution < -0.4 is 0 Å². The molecule has 0 saturated carbocycles. The van der Waals surface area contributed by atoms with Crippen molar-refractivity contribution >= 4 is 23.4 Å². The molecule has 0 aliphatic carbocycles. The van der Waals surface area contributed by atoms with Gasteiger partial charge in [-0.25, -0.2) is 0 Å². The van der Waals surface area contributed by atoms with E-state index >= 15 is 0 Å². The molecule has 0 aliphatic heterocycles. The third-order valence-corrected chi connectivity index (χ3v) is 3.86. The molecule has 2 heteroatoms. The van der Waals surface area contributed by atoms with Crippen molar-refractivity contribution in [3.63, 3.8) is 0 Å². The predicted octanol–water partition coefficient (Wildman–Crippen LogP) is 5.65. The molecule has 0 fully saturated rings. The van der Waals surface area contributed by atoms with E-state index in [0.717, 1.165) is 10.9 Å². The Morgan fingerprint density at radius 1 is 1.06 bits per heavy atom. The molecule has 1 aromatic carbocycles. The Kier molecular flexibility index (Phi) is 6.98. The molecule has 0 nitrogen and oxygen atoms in total. The van der Waals surface area contributed by atoms with Crippen molar-refractivity contribution in [2.24, 2.45) is 5.92 Å². The maximum atomic E-state index is 5.83. The highest BCUT2D eigenvalue weighted by Crippen LogP contribution is 2.22. The van der Waals surface area contributed by atoms with Crippen molar-refractivity contribution in [2.75, 3.05) is 5.75 Å². The first kappa shape index (κ1) is 13.9. The summed E-state index contributed by atoms with van der Waals surface area (Å²) < 4.78 is 0. The highest BCUT2D eigenvalue weighted by molar-refractivity contribution is 7.99. The van der Waals surface area contributed by atoms with Crippen LogP contribution in [0.4, 0.5) is 0 Å². The fraction of sp³-hybridized carbons (Fsp3) is 0.571. The van der Waals surface area contributed by atoms with Crippen LogP contribution in [0.15, 0.2) is 29.2 Å². The highest BCUT2D eigenvalue weighted by Gasteiger charge is 1.96. The van der Waals surface area contributed by atoms with Gasteiger partial charge in [0, 0.05) is 9.92 Å². The van der Waals surface area contributed by atoms with Gasteiger partial charge in [-0.15, -0.1) is 11.8 Å². The first-order chi connectivity index (χ1) is 7.68. The van der Waals surface area contributed by atoms with E-state index in [1.54, 1.807) is 0 Å². The topological polar surface area (TPSA) is 0 Å². The van der Waals surface area contributed by atoms with Crippen LogP contribution in [0.2, 0.25) is 5.02 Å². The Hall–Kier alpha value is -0.140. The Morgan fingerprint density at radius 2 is 1.75 bits per heavy atom. The lowest BCUT2D eigenvalue weighted by molar-refractivity contribution is 0.535. The van der Waals surface area contributed by atoms with Crippen molar-refractivity contribution in [1.82, 2.24) is 0 Å². The first-order valence-corrected chi connectivity index (χ1v) is 7.43. The van der Waals surface area contributed by atoms with Gasteiger partial charge < -0.3 is 0 Å². The van der Waals surface area contributed by atoms with E-state index in [9.17, 15) is 0 Å². The highest BCUT2D eigenvalue weighted by atomic mass is 35.5. The van der Waals surface area contributed by atoms with E-state index in [4.69, 9.17) is 11.6 Å². The van der Waals surface area contributed by atoms with E-state index in [0.29, 0.717) is 0 Å². The zero-order valence-electron chi connectivity index (χ0n) is 10.2. The smallest absolute Gasteiger partial charge is 0.0406 e. The van der Waals surface area contributed by atoms with Gasteiger partial charge in [0.2, 0.25) is 0 Å². The minimum atomic E-state index is 0.821. The van der Waals surface area contributed by atoms with Gasteiger partial charge in [-0.3, -0.25) is 0 Å². The van der Waals surface area contributed by atoms with Crippen LogP contribution in [-0.2, 0) is 0 Å². The summed E-state index contributed by atoms with van der Waals surface area (Å²) in [6, 6.07) is 8.12. The molecule has 0 spiro atoms. The van der Waals surface area contributed by atoms with Crippen molar-refractivity contribution in [2.45, 2.75) is 44.4 Å². The molecule has 0 heterocycles. The maximum absolute atomic E-state index is 5.83. The SMILES string of the molecule is CC(C)CCCCCSc1ccc(Cl)cc1. The number of benzene rings is 1. The predicted molar refractivity (Wildman–Crippen MR) is 75.5 cm³/mol. The normalized spacial score (nSPS) is 11.0. The van der Waals surface area contributed by atoms with Crippen LogP contribution in [0, 0.1) is 5.92 Å². The minimum absolute atomic E-state index is 0.821. The van der Waals surface area contributed by atoms with Crippen LogP contribution in [0.3, 0.4) is 0 Å². The maximum Gasteiger partial charge on any atom is 0.0406 e. The molecule has 0 amide bonds. The molecule has 1 rings (SSSR count). The second-order valence-electron chi connectivity index (χ2n) is 4.55. The molecule has 0 atom stereocenters. The average molecular weight is 257 g/mol. The first-order valence-electron chi connectivity index (χ1n) is 6.07. The lowest BCUT2D eigenvalue weighted by Gasteiger charge is -2.04. The van der Waals surface area contributed by atoms with Gasteiger partial charge in [0.25, 0.3) is 0 Å². The van der Waals surface area contributed by atoms with Crippen molar-refractivity contribution < 1.29 is 0 Å². The van der Waals surface area contributed by atoms with Gasteiger partial charge in [0.05, 0.1) is 0 Å².